The first-order valence-electron chi connectivity index (χ1n) is 15.6. The first kappa shape index (κ1) is 31.3. The lowest BCUT2D eigenvalue weighted by molar-refractivity contribution is 0.244. The van der Waals surface area contributed by atoms with Crippen LogP contribution in [-0.2, 0) is 0 Å². The number of benzene rings is 3. The molecule has 0 radical (unpaired) electrons. The Hall–Kier alpha value is -4.73. The number of nitrogens with zero attached hydrogens (tertiary/aromatic N) is 3. The van der Waals surface area contributed by atoms with Gasteiger partial charge in [0.1, 0.15) is 22.6 Å². The number of fused-ring (bicyclic) bond motifs is 7. The van der Waals surface area contributed by atoms with E-state index < -0.39 is 5.63 Å². The van der Waals surface area contributed by atoms with E-state index in [1.54, 1.807) is 18.2 Å². The zero-order valence-electron chi connectivity index (χ0n) is 27.3. The number of aryl methyl sites for hydroxylation is 2. The molecule has 0 saturated heterocycles. The van der Waals surface area contributed by atoms with Crippen molar-refractivity contribution in [2.45, 2.75) is 26.7 Å². The summed E-state index contributed by atoms with van der Waals surface area (Å²) < 4.78 is 20.4. The van der Waals surface area contributed by atoms with E-state index in [0.717, 1.165) is 58.9 Å². The number of phenols is 2. The minimum atomic E-state index is -0.492. The summed E-state index contributed by atoms with van der Waals surface area (Å²) in [5, 5.41) is 24.4. The molecule has 3 aromatic heterocycles. The predicted octanol–water partition coefficient (Wildman–Crippen LogP) is 6.71. The fourth-order valence-electron chi connectivity index (χ4n) is 6.04. The standard InChI is InChI=1S/C37H41N3O6/c1-22-9-10-25(19-28(22)41)33-34-27-20-31(44-15-7-12-38(3)4)32(45-16-8-13-39(5)6)21-30(27)46-37(43)36(34)40-14-11-24-18-29(42)23(2)17-26(24)35(33)40/h9-11,14,17-21,41-42H,7-8,12-13,15-16H2,1-6H3. The zero-order valence-corrected chi connectivity index (χ0v) is 27.3. The largest absolute Gasteiger partial charge is 0.508 e. The highest BCUT2D eigenvalue weighted by Crippen LogP contribution is 2.45. The quantitative estimate of drug-likeness (QED) is 0.121. The molecular formula is C37H41N3O6. The molecule has 0 amide bonds. The van der Waals surface area contributed by atoms with E-state index in [4.69, 9.17) is 13.9 Å². The van der Waals surface area contributed by atoms with Crippen LogP contribution in [0.1, 0.15) is 24.0 Å². The van der Waals surface area contributed by atoms with Gasteiger partial charge in [-0.15, -0.1) is 0 Å². The van der Waals surface area contributed by atoms with Gasteiger partial charge < -0.3 is 38.3 Å². The average molecular weight is 624 g/mol. The molecule has 46 heavy (non-hydrogen) atoms. The van der Waals surface area contributed by atoms with E-state index in [0.29, 0.717) is 52.1 Å². The van der Waals surface area contributed by atoms with Gasteiger partial charge in [-0.25, -0.2) is 4.79 Å². The van der Waals surface area contributed by atoms with Crippen LogP contribution in [0.15, 0.2) is 63.9 Å². The van der Waals surface area contributed by atoms with Gasteiger partial charge in [0.15, 0.2) is 11.5 Å². The van der Waals surface area contributed by atoms with Crippen LogP contribution in [-0.4, -0.2) is 78.9 Å². The Bertz CT molecular complexity index is 2140. The molecule has 0 unspecified atom stereocenters. The second-order valence-electron chi connectivity index (χ2n) is 12.6. The number of ether oxygens (including phenoxy) is 2. The lowest BCUT2D eigenvalue weighted by Gasteiger charge is -2.16. The van der Waals surface area contributed by atoms with Crippen LogP contribution in [0.5, 0.6) is 23.0 Å². The van der Waals surface area contributed by atoms with Gasteiger partial charge in [0.25, 0.3) is 0 Å². The average Bonchev–Trinajstić information content (AvgIpc) is 3.36. The Morgan fingerprint density at radius 1 is 0.761 bits per heavy atom. The summed E-state index contributed by atoms with van der Waals surface area (Å²) in [5.41, 5.74) is 4.02. The van der Waals surface area contributed by atoms with Crippen LogP contribution in [0, 0.1) is 13.8 Å². The van der Waals surface area contributed by atoms with E-state index >= 15 is 0 Å². The van der Waals surface area contributed by atoms with Gasteiger partial charge in [-0.3, -0.25) is 0 Å². The highest BCUT2D eigenvalue weighted by molar-refractivity contribution is 6.21. The molecule has 0 fully saturated rings. The number of rotatable bonds is 11. The smallest absolute Gasteiger partial charge is 0.361 e. The molecule has 240 valence electrons. The summed E-state index contributed by atoms with van der Waals surface area (Å²) in [6.45, 7) is 6.41. The first-order chi connectivity index (χ1) is 22.0. The fourth-order valence-corrected chi connectivity index (χ4v) is 6.04. The maximum absolute atomic E-state index is 13.9. The van der Waals surface area contributed by atoms with Gasteiger partial charge in [-0.1, -0.05) is 12.1 Å². The maximum atomic E-state index is 13.9. The maximum Gasteiger partial charge on any atom is 0.361 e. The van der Waals surface area contributed by atoms with Gasteiger partial charge in [0, 0.05) is 47.1 Å². The van der Waals surface area contributed by atoms with E-state index in [2.05, 4.69) is 9.80 Å². The van der Waals surface area contributed by atoms with Gasteiger partial charge in [-0.05, 0) is 107 Å². The Kier molecular flexibility index (Phi) is 8.55. The first-order valence-corrected chi connectivity index (χ1v) is 15.6. The van der Waals surface area contributed by atoms with E-state index in [1.165, 1.54) is 0 Å². The number of hydrogen-bond acceptors (Lipinski definition) is 8. The molecule has 9 nitrogen and oxygen atoms in total. The van der Waals surface area contributed by atoms with Crippen molar-refractivity contribution in [1.29, 1.82) is 0 Å². The third-order valence-electron chi connectivity index (χ3n) is 8.46. The van der Waals surface area contributed by atoms with Gasteiger partial charge in [0.05, 0.1) is 18.7 Å². The van der Waals surface area contributed by atoms with Gasteiger partial charge >= 0.3 is 5.63 Å². The summed E-state index contributed by atoms with van der Waals surface area (Å²) in [6, 6.07) is 14.8. The van der Waals surface area contributed by atoms with E-state index in [-0.39, 0.29) is 11.5 Å². The lowest BCUT2D eigenvalue weighted by Crippen LogP contribution is -2.16. The molecule has 0 aliphatic carbocycles. The number of aromatic hydroxyl groups is 2. The summed E-state index contributed by atoms with van der Waals surface area (Å²) >= 11 is 0. The number of phenolic OH excluding ortho intramolecular Hbond substituents is 2. The second kappa shape index (κ2) is 12.6. The Morgan fingerprint density at radius 3 is 2.07 bits per heavy atom. The second-order valence-corrected chi connectivity index (χ2v) is 12.6. The van der Waals surface area contributed by atoms with E-state index in [9.17, 15) is 15.0 Å². The molecule has 0 saturated carbocycles. The summed E-state index contributed by atoms with van der Waals surface area (Å²) in [4.78, 5) is 18.1. The van der Waals surface area contributed by atoms with Crippen molar-refractivity contribution in [3.05, 3.63) is 76.3 Å². The molecule has 9 heteroatoms. The van der Waals surface area contributed by atoms with Crippen LogP contribution in [0.3, 0.4) is 0 Å². The third kappa shape index (κ3) is 5.84. The molecule has 3 heterocycles. The SMILES string of the molecule is Cc1ccc(-c2c3c4cc(OCCCN(C)C)c(OCCCN(C)C)cc4oc(=O)c3n3ccc4cc(O)c(C)cc4c23)cc1O. The summed E-state index contributed by atoms with van der Waals surface area (Å²) in [7, 11) is 8.11. The van der Waals surface area contributed by atoms with Crippen molar-refractivity contribution in [2.24, 2.45) is 0 Å². The number of pyridine rings is 1. The molecule has 0 atom stereocenters. The Morgan fingerprint density at radius 2 is 1.41 bits per heavy atom. The van der Waals surface area contributed by atoms with Crippen LogP contribution in [0.2, 0.25) is 0 Å². The Balaban J connectivity index is 1.67. The number of aromatic nitrogens is 1. The predicted molar refractivity (Wildman–Crippen MR) is 184 cm³/mol. The third-order valence-corrected chi connectivity index (χ3v) is 8.46. The van der Waals surface area contributed by atoms with Crippen molar-refractivity contribution in [2.75, 3.05) is 54.5 Å². The van der Waals surface area contributed by atoms with E-state index in [1.807, 2.05) is 83.0 Å². The lowest BCUT2D eigenvalue weighted by atomic mass is 9.96. The van der Waals surface area contributed by atoms with Gasteiger partial charge in [-0.2, -0.15) is 0 Å². The van der Waals surface area contributed by atoms with Crippen LogP contribution >= 0.6 is 0 Å². The molecule has 0 bridgehead atoms. The van der Waals surface area contributed by atoms with Crippen molar-refractivity contribution in [3.63, 3.8) is 0 Å². The number of hydrogen-bond donors (Lipinski definition) is 2. The monoisotopic (exact) mass is 623 g/mol. The Labute approximate surface area is 267 Å². The van der Waals surface area contributed by atoms with Gasteiger partial charge in [0.2, 0.25) is 0 Å². The molecule has 0 aliphatic rings. The van der Waals surface area contributed by atoms with Crippen LogP contribution in [0.25, 0.3) is 49.3 Å². The summed E-state index contributed by atoms with van der Waals surface area (Å²) in [5.74, 6) is 1.45. The molecule has 2 N–H and O–H groups in total. The van der Waals surface area contributed by atoms with Crippen molar-refractivity contribution in [1.82, 2.24) is 14.2 Å². The molecule has 3 aromatic carbocycles. The zero-order chi connectivity index (χ0) is 32.7. The van der Waals surface area contributed by atoms with Crippen LogP contribution in [0.4, 0.5) is 0 Å². The highest BCUT2D eigenvalue weighted by Gasteiger charge is 2.24. The molecule has 6 rings (SSSR count). The minimum Gasteiger partial charge on any atom is -0.508 e. The topological polar surface area (TPSA) is 100 Å². The summed E-state index contributed by atoms with van der Waals surface area (Å²) in [6.07, 6.45) is 3.48. The molecule has 0 aliphatic heterocycles. The van der Waals surface area contributed by atoms with Crippen molar-refractivity contribution < 1.29 is 24.1 Å². The van der Waals surface area contributed by atoms with Crippen molar-refractivity contribution in [3.8, 4) is 34.1 Å². The van der Waals surface area contributed by atoms with Crippen molar-refractivity contribution >= 4 is 38.2 Å². The molecule has 0 spiro atoms. The molecule has 6 aromatic rings. The van der Waals surface area contributed by atoms with Crippen LogP contribution < -0.4 is 15.1 Å². The highest BCUT2D eigenvalue weighted by atomic mass is 16.5. The normalized spacial score (nSPS) is 12.0. The minimum absolute atomic E-state index is 0.157. The molecular weight excluding hydrogens is 582 g/mol. The fraction of sp³-hybridized carbons (Fsp3) is 0.324.